The molecule has 0 radical (unpaired) electrons. The van der Waals surface area contributed by atoms with Crippen LogP contribution in [-0.4, -0.2) is 10.5 Å². The average Bonchev–Trinajstić information content (AvgIpc) is 2.61. The van der Waals surface area contributed by atoms with Gasteiger partial charge in [-0.05, 0) is 61.2 Å². The molecule has 0 bridgehead atoms. The standard InChI is InChI=1S/C21H18FNO3/c1-13(2)23-20(14-7-9-15(22)10-8-14)17(11-12-19(24)25)16-5-3-4-6-18(16)21(23)26/h3-13H,1-2H3,(H,24,25)/p-1/b12-11+. The van der Waals surface area contributed by atoms with Crippen LogP contribution in [0, 0.1) is 5.82 Å². The van der Waals surface area contributed by atoms with E-state index in [2.05, 4.69) is 0 Å². The second-order valence-corrected chi connectivity index (χ2v) is 6.24. The normalized spacial score (nSPS) is 11.5. The Balaban J connectivity index is 2.51. The highest BCUT2D eigenvalue weighted by atomic mass is 19.1. The number of benzene rings is 2. The molecule has 0 aliphatic carbocycles. The SMILES string of the molecule is CC(C)n1c(-c2ccc(F)cc2)c(/C=C/C(=O)[O-])c2ccccc2c1=O. The summed E-state index contributed by atoms with van der Waals surface area (Å²) in [7, 11) is 0. The van der Waals surface area contributed by atoms with Gasteiger partial charge in [0.15, 0.2) is 0 Å². The summed E-state index contributed by atoms with van der Waals surface area (Å²) in [5.41, 5.74) is 1.56. The van der Waals surface area contributed by atoms with Crippen LogP contribution in [0.5, 0.6) is 0 Å². The molecule has 0 amide bonds. The first-order chi connectivity index (χ1) is 12.4. The highest BCUT2D eigenvalue weighted by Crippen LogP contribution is 2.31. The van der Waals surface area contributed by atoms with Gasteiger partial charge in [-0.2, -0.15) is 0 Å². The number of hydrogen-bond donors (Lipinski definition) is 0. The third kappa shape index (κ3) is 3.16. The van der Waals surface area contributed by atoms with Gasteiger partial charge in [0.05, 0.1) is 11.7 Å². The summed E-state index contributed by atoms with van der Waals surface area (Å²) in [5, 5.41) is 12.1. The second-order valence-electron chi connectivity index (χ2n) is 6.24. The molecule has 0 aliphatic rings. The van der Waals surface area contributed by atoms with Crippen LogP contribution >= 0.6 is 0 Å². The Morgan fingerprint density at radius 1 is 1.08 bits per heavy atom. The predicted octanol–water partition coefficient (Wildman–Crippen LogP) is 3.15. The minimum absolute atomic E-state index is 0.178. The number of carboxylic acid groups (broad SMARTS) is 1. The largest absolute Gasteiger partial charge is 0.545 e. The maximum atomic E-state index is 13.4. The molecule has 0 unspecified atom stereocenters. The van der Waals surface area contributed by atoms with Crippen molar-refractivity contribution in [3.05, 3.63) is 76.3 Å². The van der Waals surface area contributed by atoms with Gasteiger partial charge in [-0.25, -0.2) is 4.39 Å². The number of pyridine rings is 1. The fourth-order valence-corrected chi connectivity index (χ4v) is 3.11. The quantitative estimate of drug-likeness (QED) is 0.679. The van der Waals surface area contributed by atoms with E-state index in [0.717, 1.165) is 6.08 Å². The zero-order chi connectivity index (χ0) is 18.8. The van der Waals surface area contributed by atoms with Crippen molar-refractivity contribution in [2.75, 3.05) is 0 Å². The number of halogens is 1. The van der Waals surface area contributed by atoms with Crippen LogP contribution in [0.4, 0.5) is 4.39 Å². The van der Waals surface area contributed by atoms with Gasteiger partial charge >= 0.3 is 0 Å². The molecular weight excluding hydrogens is 333 g/mol. The molecule has 4 nitrogen and oxygen atoms in total. The number of fused-ring (bicyclic) bond motifs is 1. The van der Waals surface area contributed by atoms with Crippen molar-refractivity contribution in [3.63, 3.8) is 0 Å². The number of carbonyl (C=O) groups excluding carboxylic acids is 1. The van der Waals surface area contributed by atoms with Crippen LogP contribution in [0.15, 0.2) is 59.4 Å². The Labute approximate surface area is 149 Å². The summed E-state index contributed by atoms with van der Waals surface area (Å²) in [6.45, 7) is 3.74. The minimum Gasteiger partial charge on any atom is -0.545 e. The van der Waals surface area contributed by atoms with Gasteiger partial charge in [0.2, 0.25) is 0 Å². The smallest absolute Gasteiger partial charge is 0.259 e. The van der Waals surface area contributed by atoms with Crippen molar-refractivity contribution < 1.29 is 14.3 Å². The molecule has 1 heterocycles. The van der Waals surface area contributed by atoms with Crippen molar-refractivity contribution in [3.8, 4) is 11.3 Å². The highest BCUT2D eigenvalue weighted by molar-refractivity contribution is 5.98. The lowest BCUT2D eigenvalue weighted by molar-refractivity contribution is -0.297. The zero-order valence-electron chi connectivity index (χ0n) is 14.4. The van der Waals surface area contributed by atoms with Crippen molar-refractivity contribution in [1.82, 2.24) is 4.57 Å². The van der Waals surface area contributed by atoms with Gasteiger partial charge in [-0.3, -0.25) is 4.79 Å². The summed E-state index contributed by atoms with van der Waals surface area (Å²) in [6.07, 6.45) is 2.36. The summed E-state index contributed by atoms with van der Waals surface area (Å²) < 4.78 is 15.0. The second kappa shape index (κ2) is 6.96. The molecule has 0 spiro atoms. The Morgan fingerprint density at radius 2 is 1.69 bits per heavy atom. The van der Waals surface area contributed by atoms with E-state index in [-0.39, 0.29) is 17.4 Å². The Bertz CT molecular complexity index is 1060. The summed E-state index contributed by atoms with van der Waals surface area (Å²) in [5.74, 6) is -1.72. The highest BCUT2D eigenvalue weighted by Gasteiger charge is 2.18. The maximum absolute atomic E-state index is 13.4. The van der Waals surface area contributed by atoms with E-state index in [0.29, 0.717) is 27.6 Å². The lowest BCUT2D eigenvalue weighted by atomic mass is 9.97. The molecule has 26 heavy (non-hydrogen) atoms. The van der Waals surface area contributed by atoms with E-state index in [1.165, 1.54) is 18.2 Å². The van der Waals surface area contributed by atoms with Gasteiger partial charge in [0.1, 0.15) is 5.82 Å². The Morgan fingerprint density at radius 3 is 2.27 bits per heavy atom. The predicted molar refractivity (Wildman–Crippen MR) is 98.0 cm³/mol. The molecule has 0 N–H and O–H groups in total. The Hall–Kier alpha value is -3.21. The van der Waals surface area contributed by atoms with Crippen molar-refractivity contribution in [2.45, 2.75) is 19.9 Å². The lowest BCUT2D eigenvalue weighted by Gasteiger charge is -2.21. The number of carbonyl (C=O) groups is 1. The number of aliphatic carboxylic acids is 1. The average molecular weight is 350 g/mol. The fraction of sp³-hybridized carbons (Fsp3) is 0.143. The number of aromatic nitrogens is 1. The monoisotopic (exact) mass is 350 g/mol. The van der Waals surface area contributed by atoms with E-state index in [1.807, 2.05) is 13.8 Å². The molecule has 0 saturated carbocycles. The van der Waals surface area contributed by atoms with Gasteiger partial charge in [0, 0.05) is 17.0 Å². The van der Waals surface area contributed by atoms with Crippen LogP contribution in [0.1, 0.15) is 25.5 Å². The topological polar surface area (TPSA) is 62.1 Å². The van der Waals surface area contributed by atoms with Crippen molar-refractivity contribution >= 4 is 22.8 Å². The molecule has 3 rings (SSSR count). The summed E-state index contributed by atoms with van der Waals surface area (Å²) >= 11 is 0. The molecule has 2 aromatic carbocycles. The van der Waals surface area contributed by atoms with Crippen molar-refractivity contribution in [2.24, 2.45) is 0 Å². The first kappa shape index (κ1) is 17.6. The lowest BCUT2D eigenvalue weighted by Crippen LogP contribution is -2.25. The third-order valence-electron chi connectivity index (χ3n) is 4.18. The first-order valence-electron chi connectivity index (χ1n) is 8.22. The maximum Gasteiger partial charge on any atom is 0.259 e. The van der Waals surface area contributed by atoms with E-state index in [1.54, 1.807) is 41.0 Å². The van der Waals surface area contributed by atoms with E-state index in [9.17, 15) is 19.1 Å². The Kier molecular flexibility index (Phi) is 4.71. The number of carboxylic acids is 1. The minimum atomic E-state index is -1.33. The van der Waals surface area contributed by atoms with E-state index >= 15 is 0 Å². The van der Waals surface area contributed by atoms with Gasteiger partial charge in [-0.1, -0.05) is 24.3 Å². The van der Waals surface area contributed by atoms with E-state index < -0.39 is 5.97 Å². The van der Waals surface area contributed by atoms with Crippen LogP contribution in [0.3, 0.4) is 0 Å². The van der Waals surface area contributed by atoms with Crippen LogP contribution < -0.4 is 10.7 Å². The van der Waals surface area contributed by atoms with Gasteiger partial charge in [0.25, 0.3) is 5.56 Å². The van der Waals surface area contributed by atoms with Crippen LogP contribution in [0.2, 0.25) is 0 Å². The summed E-state index contributed by atoms with van der Waals surface area (Å²) in [6, 6.07) is 12.6. The number of rotatable bonds is 4. The molecular formula is C21H17FNO3-. The third-order valence-corrected chi connectivity index (χ3v) is 4.18. The molecule has 5 heteroatoms. The number of nitrogens with zero attached hydrogens (tertiary/aromatic N) is 1. The first-order valence-corrected chi connectivity index (χ1v) is 8.22. The van der Waals surface area contributed by atoms with Gasteiger partial charge in [-0.15, -0.1) is 0 Å². The molecule has 0 saturated heterocycles. The van der Waals surface area contributed by atoms with Crippen LogP contribution in [-0.2, 0) is 4.79 Å². The molecule has 132 valence electrons. The van der Waals surface area contributed by atoms with E-state index in [4.69, 9.17) is 0 Å². The summed E-state index contributed by atoms with van der Waals surface area (Å²) in [4.78, 5) is 24.0. The zero-order valence-corrected chi connectivity index (χ0v) is 14.4. The van der Waals surface area contributed by atoms with Crippen LogP contribution in [0.25, 0.3) is 28.1 Å². The molecule has 1 aromatic heterocycles. The van der Waals surface area contributed by atoms with Crippen molar-refractivity contribution in [1.29, 1.82) is 0 Å². The molecule has 3 aromatic rings. The molecule has 0 aliphatic heterocycles. The fourth-order valence-electron chi connectivity index (χ4n) is 3.11. The molecule has 0 atom stereocenters. The number of hydrogen-bond acceptors (Lipinski definition) is 3. The molecule has 0 fully saturated rings. The van der Waals surface area contributed by atoms with Gasteiger partial charge < -0.3 is 14.5 Å².